The summed E-state index contributed by atoms with van der Waals surface area (Å²) in [7, 11) is 0. The highest BCUT2D eigenvalue weighted by atomic mass is 16.7. The summed E-state index contributed by atoms with van der Waals surface area (Å²) in [6.45, 7) is 8.20. The number of carbonyl (C=O) groups is 9. The molecule has 1 saturated carbocycles. The number of imide groups is 1. The number of ketones is 5. The van der Waals surface area contributed by atoms with Gasteiger partial charge in [-0.1, -0.05) is 25.0 Å². The average molecular weight is 754 g/mol. The monoisotopic (exact) mass is 753 g/mol. The molecular weight excluding hydrogens is 698 g/mol. The Kier molecular flexibility index (Phi) is 17.4. The lowest BCUT2D eigenvalue weighted by molar-refractivity contribution is -0.197. The molecule has 1 heterocycles. The lowest BCUT2D eigenvalue weighted by Crippen LogP contribution is -2.59. The maximum absolute atomic E-state index is 12.7. The van der Waals surface area contributed by atoms with Crippen molar-refractivity contribution in [1.82, 2.24) is 19.8 Å². The van der Waals surface area contributed by atoms with E-state index < -0.39 is 17.8 Å². The van der Waals surface area contributed by atoms with Crippen molar-refractivity contribution in [2.45, 2.75) is 117 Å². The van der Waals surface area contributed by atoms with Gasteiger partial charge in [-0.3, -0.25) is 53.1 Å². The largest absolute Gasteiger partial charge is 0.333 e. The van der Waals surface area contributed by atoms with Gasteiger partial charge in [-0.15, -0.1) is 5.06 Å². The molecule has 3 rings (SSSR count). The van der Waals surface area contributed by atoms with Crippen LogP contribution in [0, 0.1) is 0 Å². The minimum absolute atomic E-state index is 0.00369. The van der Waals surface area contributed by atoms with Crippen LogP contribution in [0.25, 0.3) is 0 Å². The Morgan fingerprint density at radius 3 is 1.69 bits per heavy atom. The highest BCUT2D eigenvalue weighted by Gasteiger charge is 2.37. The predicted octanol–water partition coefficient (Wildman–Crippen LogP) is 2.48. The zero-order valence-electron chi connectivity index (χ0n) is 32.2. The summed E-state index contributed by atoms with van der Waals surface area (Å²) in [6, 6.07) is 6.47. The second kappa shape index (κ2) is 21.4. The molecule has 2 fully saturated rings. The first-order chi connectivity index (χ1) is 25.5. The van der Waals surface area contributed by atoms with Gasteiger partial charge >= 0.3 is 5.97 Å². The Morgan fingerprint density at radius 2 is 1.19 bits per heavy atom. The van der Waals surface area contributed by atoms with Crippen molar-refractivity contribution in [3.63, 3.8) is 0 Å². The number of nitrogens with zero attached hydrogens (tertiary/aromatic N) is 4. The van der Waals surface area contributed by atoms with Crippen LogP contribution in [0.15, 0.2) is 24.3 Å². The molecule has 0 bridgehead atoms. The van der Waals surface area contributed by atoms with Gasteiger partial charge in [0.25, 0.3) is 11.8 Å². The van der Waals surface area contributed by atoms with E-state index in [1.807, 2.05) is 21.9 Å². The van der Waals surface area contributed by atoms with Gasteiger partial charge in [0.1, 0.15) is 28.9 Å². The number of amides is 3. The number of benzene rings is 1. The zero-order valence-corrected chi connectivity index (χ0v) is 32.2. The first-order valence-corrected chi connectivity index (χ1v) is 18.7. The van der Waals surface area contributed by atoms with Gasteiger partial charge in [-0.2, -0.15) is 0 Å². The van der Waals surface area contributed by atoms with Gasteiger partial charge < -0.3 is 10.2 Å². The first-order valence-electron chi connectivity index (χ1n) is 18.7. The maximum Gasteiger partial charge on any atom is 0.333 e. The SMILES string of the molecule is CC(=O)CN(CC(C)=O)[C@H](Cc1ccc(NC(=O)CCCC(=O)ON2C(=O)CCC2=O)cc1)CN(CC(C)=O)[C@H]1CCCC[C@@H]1N(CC(C)=O)CC(C)=O. The van der Waals surface area contributed by atoms with Crippen LogP contribution in [0.1, 0.15) is 98.0 Å². The normalized spacial score (nSPS) is 17.9. The summed E-state index contributed by atoms with van der Waals surface area (Å²) < 4.78 is 0. The van der Waals surface area contributed by atoms with E-state index in [0.29, 0.717) is 23.7 Å². The van der Waals surface area contributed by atoms with E-state index in [9.17, 15) is 43.2 Å². The van der Waals surface area contributed by atoms with Gasteiger partial charge in [0.05, 0.1) is 32.7 Å². The molecule has 1 aromatic rings. The summed E-state index contributed by atoms with van der Waals surface area (Å²) in [5, 5.41) is 3.26. The third kappa shape index (κ3) is 14.7. The number of hydrogen-bond acceptors (Lipinski definition) is 13. The lowest BCUT2D eigenvalue weighted by Gasteiger charge is -2.46. The van der Waals surface area contributed by atoms with Crippen molar-refractivity contribution in [3.8, 4) is 0 Å². The second-order valence-corrected chi connectivity index (χ2v) is 14.7. The number of Topliss-reactive ketones (excluding diaryl/α,β-unsaturated/α-hetero) is 5. The second-order valence-electron chi connectivity index (χ2n) is 14.7. The van der Waals surface area contributed by atoms with Crippen molar-refractivity contribution in [2.24, 2.45) is 0 Å². The summed E-state index contributed by atoms with van der Waals surface area (Å²) >= 11 is 0. The fourth-order valence-electron chi connectivity index (χ4n) is 7.29. The molecule has 1 N–H and O–H groups in total. The Hall–Kier alpha value is -4.47. The molecular formula is C39H55N5O10. The highest BCUT2D eigenvalue weighted by Crippen LogP contribution is 2.29. The average Bonchev–Trinajstić information content (AvgIpc) is 3.39. The van der Waals surface area contributed by atoms with E-state index in [1.165, 1.54) is 34.6 Å². The fourth-order valence-corrected chi connectivity index (χ4v) is 7.29. The molecule has 15 heteroatoms. The summed E-state index contributed by atoms with van der Waals surface area (Å²) in [4.78, 5) is 121. The molecule has 0 aromatic heterocycles. The van der Waals surface area contributed by atoms with Crippen LogP contribution < -0.4 is 5.32 Å². The van der Waals surface area contributed by atoms with Crippen LogP contribution in [-0.2, 0) is 54.4 Å². The fraction of sp³-hybridized carbons (Fsp3) is 0.615. The Morgan fingerprint density at radius 1 is 0.704 bits per heavy atom. The van der Waals surface area contributed by atoms with E-state index in [2.05, 4.69) is 10.2 Å². The van der Waals surface area contributed by atoms with Gasteiger partial charge in [0.2, 0.25) is 5.91 Å². The summed E-state index contributed by atoms with van der Waals surface area (Å²) in [6.07, 6.45) is 3.72. The molecule has 296 valence electrons. The molecule has 1 aliphatic carbocycles. The number of hydroxylamine groups is 2. The van der Waals surface area contributed by atoms with E-state index in [0.717, 1.165) is 31.2 Å². The van der Waals surface area contributed by atoms with Gasteiger partial charge in [-0.05, 0) is 78.0 Å². The van der Waals surface area contributed by atoms with Crippen molar-refractivity contribution in [3.05, 3.63) is 29.8 Å². The van der Waals surface area contributed by atoms with E-state index >= 15 is 0 Å². The third-order valence-corrected chi connectivity index (χ3v) is 9.42. The van der Waals surface area contributed by atoms with Crippen LogP contribution in [-0.4, -0.2) is 130 Å². The smallest absolute Gasteiger partial charge is 0.330 e. The number of carbonyl (C=O) groups excluding carboxylic acids is 9. The molecule has 0 spiro atoms. The number of anilines is 1. The molecule has 3 amide bonds. The Balaban J connectivity index is 1.77. The maximum atomic E-state index is 12.7. The van der Waals surface area contributed by atoms with E-state index in [-0.39, 0.29) is 118 Å². The van der Waals surface area contributed by atoms with Crippen LogP contribution in [0.3, 0.4) is 0 Å². The van der Waals surface area contributed by atoms with Gasteiger partial charge in [-0.25, -0.2) is 4.79 Å². The predicted molar refractivity (Wildman–Crippen MR) is 198 cm³/mol. The molecule has 1 aromatic carbocycles. The number of rotatable bonds is 23. The van der Waals surface area contributed by atoms with Crippen LogP contribution in [0.2, 0.25) is 0 Å². The van der Waals surface area contributed by atoms with E-state index in [1.54, 1.807) is 12.1 Å². The van der Waals surface area contributed by atoms with Crippen molar-refractivity contribution in [1.29, 1.82) is 0 Å². The molecule has 0 radical (unpaired) electrons. The zero-order chi connectivity index (χ0) is 39.9. The summed E-state index contributed by atoms with van der Waals surface area (Å²) in [5.41, 5.74) is 1.38. The first kappa shape index (κ1) is 43.9. The van der Waals surface area contributed by atoms with Crippen molar-refractivity contribution in [2.75, 3.05) is 44.6 Å². The molecule has 3 atom stereocenters. The standard InChI is InChI=1S/C39H55N5O10/c1-26(45)20-41(21-27(2)46)33(25-43(24-30(5)49)35-10-7-6-9-34(35)42(22-28(3)47)23-29(4)48)19-31-13-15-32(16-14-31)40-36(50)11-8-12-39(53)54-44-37(51)17-18-38(44)52/h13-16,33-35H,6-12,17-25H2,1-5H3,(H,40,50)/t33-,34+,35+/m1/s1. The van der Waals surface area contributed by atoms with E-state index in [4.69, 9.17) is 4.84 Å². The molecule has 15 nitrogen and oxygen atoms in total. The molecule has 2 aliphatic rings. The van der Waals surface area contributed by atoms with Crippen molar-refractivity contribution < 1.29 is 48.0 Å². The molecule has 1 aliphatic heterocycles. The number of nitrogens with one attached hydrogen (secondary N) is 1. The summed E-state index contributed by atoms with van der Waals surface area (Å²) in [5.74, 6) is -2.67. The van der Waals surface area contributed by atoms with Crippen LogP contribution in [0.4, 0.5) is 5.69 Å². The third-order valence-electron chi connectivity index (χ3n) is 9.42. The molecule has 54 heavy (non-hydrogen) atoms. The molecule has 1 saturated heterocycles. The lowest BCUT2D eigenvalue weighted by atomic mass is 9.86. The minimum Gasteiger partial charge on any atom is -0.330 e. The van der Waals surface area contributed by atoms with Gasteiger partial charge in [0, 0.05) is 56.0 Å². The van der Waals surface area contributed by atoms with Crippen LogP contribution in [0.5, 0.6) is 0 Å². The Labute approximate surface area is 317 Å². The molecule has 0 unspecified atom stereocenters. The quantitative estimate of drug-likeness (QED) is 0.161. The highest BCUT2D eigenvalue weighted by molar-refractivity contribution is 6.01. The van der Waals surface area contributed by atoms with Crippen LogP contribution >= 0.6 is 0 Å². The topological polar surface area (TPSA) is 188 Å². The van der Waals surface area contributed by atoms with Gasteiger partial charge in [0.15, 0.2) is 0 Å². The number of hydrogen-bond donors (Lipinski definition) is 1. The Bertz CT molecular complexity index is 1510. The minimum atomic E-state index is -0.778. The van der Waals surface area contributed by atoms with Crippen molar-refractivity contribution >= 4 is 58.3 Å².